The fourth-order valence-corrected chi connectivity index (χ4v) is 13.9. The van der Waals surface area contributed by atoms with Gasteiger partial charge >= 0.3 is 0 Å². The first-order chi connectivity index (χ1) is 50.2. The van der Waals surface area contributed by atoms with E-state index < -0.39 is 0 Å². The summed E-state index contributed by atoms with van der Waals surface area (Å²) < 4.78 is 9.06. The van der Waals surface area contributed by atoms with Crippen LogP contribution in [0.3, 0.4) is 0 Å². The maximum atomic E-state index is 5.14. The van der Waals surface area contributed by atoms with Gasteiger partial charge in [-0.2, -0.15) is 15.0 Å². The van der Waals surface area contributed by atoms with E-state index in [0.717, 1.165) is 56.5 Å². The monoisotopic (exact) mass is 1350 g/mol. The third kappa shape index (κ3) is 13.2. The van der Waals surface area contributed by atoms with Gasteiger partial charge in [-0.25, -0.2) is 15.0 Å². The third-order valence-electron chi connectivity index (χ3n) is 19.3. The van der Waals surface area contributed by atoms with Gasteiger partial charge in [0.2, 0.25) is 11.9 Å². The van der Waals surface area contributed by atoms with E-state index >= 15 is 0 Å². The van der Waals surface area contributed by atoms with Crippen LogP contribution < -0.4 is 0 Å². The molecule has 6 heterocycles. The number of hydrogen-bond acceptors (Lipinski definition) is 6. The summed E-state index contributed by atoms with van der Waals surface area (Å²) in [6, 6.07) is 106. The Hall–Kier alpha value is -12.1. The number of para-hydroxylation sites is 8. The lowest BCUT2D eigenvalue weighted by Crippen LogP contribution is -2.20. The highest BCUT2D eigenvalue weighted by molar-refractivity contribution is 6.12. The van der Waals surface area contributed by atoms with Crippen molar-refractivity contribution < 1.29 is 0 Å². The summed E-state index contributed by atoms with van der Waals surface area (Å²) >= 11 is 0. The van der Waals surface area contributed by atoms with Crippen LogP contribution in [0.1, 0.15) is 106 Å². The molecular formula is C94H86N10. The Kier molecular flexibility index (Phi) is 17.8. The fourth-order valence-electron chi connectivity index (χ4n) is 13.9. The molecule has 0 radical (unpaired) electrons. The Morgan fingerprint density at radius 3 is 0.846 bits per heavy atom. The van der Waals surface area contributed by atoms with Crippen molar-refractivity contribution in [2.75, 3.05) is 0 Å². The van der Waals surface area contributed by atoms with Gasteiger partial charge in [-0.3, -0.25) is 9.13 Å². The summed E-state index contributed by atoms with van der Waals surface area (Å²) in [5.74, 6) is 4.26. The molecule has 12 aromatic carbocycles. The van der Waals surface area contributed by atoms with E-state index in [9.17, 15) is 0 Å². The molecule has 6 aromatic heterocycles. The van der Waals surface area contributed by atoms with Crippen molar-refractivity contribution in [2.45, 2.75) is 105 Å². The van der Waals surface area contributed by atoms with Crippen LogP contribution in [0.5, 0.6) is 0 Å². The molecule has 0 saturated carbocycles. The molecule has 10 nitrogen and oxygen atoms in total. The lowest BCUT2D eigenvalue weighted by molar-refractivity contribution is 0.537. The van der Waals surface area contributed by atoms with E-state index in [-0.39, 0.29) is 21.7 Å². The van der Waals surface area contributed by atoms with Gasteiger partial charge in [-0.15, -0.1) is 0 Å². The molecule has 10 heteroatoms. The quantitative estimate of drug-likeness (QED) is 0.165. The summed E-state index contributed by atoms with van der Waals surface area (Å²) in [6.07, 6.45) is 0. The molecule has 104 heavy (non-hydrogen) atoms. The van der Waals surface area contributed by atoms with Crippen LogP contribution in [0, 0.1) is 0 Å². The van der Waals surface area contributed by atoms with Gasteiger partial charge in [0.1, 0.15) is 11.6 Å². The second-order valence-electron chi connectivity index (χ2n) is 30.9. The van der Waals surface area contributed by atoms with Crippen LogP contribution in [-0.4, -0.2) is 48.2 Å². The zero-order valence-electron chi connectivity index (χ0n) is 61.3. The Labute approximate surface area is 608 Å². The number of aromatic nitrogens is 10. The molecule has 0 aliphatic rings. The van der Waals surface area contributed by atoms with Gasteiger partial charge in [-0.05, 0) is 101 Å². The highest BCUT2D eigenvalue weighted by Gasteiger charge is 2.27. The maximum absolute atomic E-state index is 5.14. The van der Waals surface area contributed by atoms with E-state index in [1.54, 1.807) is 0 Å². The molecule has 0 atom stereocenters. The van der Waals surface area contributed by atoms with Crippen LogP contribution in [0.25, 0.3) is 133 Å². The van der Waals surface area contributed by atoms with Gasteiger partial charge in [0.25, 0.3) is 0 Å². The van der Waals surface area contributed by atoms with Crippen molar-refractivity contribution in [1.82, 2.24) is 48.2 Å². The molecule has 0 saturated heterocycles. The highest BCUT2D eigenvalue weighted by Crippen LogP contribution is 2.39. The first-order valence-electron chi connectivity index (χ1n) is 35.9. The minimum atomic E-state index is -0.260. The van der Waals surface area contributed by atoms with E-state index in [2.05, 4.69) is 359 Å². The minimum absolute atomic E-state index is 0.129. The summed E-state index contributed by atoms with van der Waals surface area (Å²) in [5, 5.41) is 10.0. The van der Waals surface area contributed by atoms with Gasteiger partial charge in [0.05, 0.1) is 44.1 Å². The van der Waals surface area contributed by atoms with Crippen LogP contribution in [-0.2, 0) is 21.7 Å². The summed E-state index contributed by atoms with van der Waals surface area (Å²) in [5.41, 5.74) is 16.5. The largest absolute Gasteiger partial charge is 0.309 e. The van der Waals surface area contributed by atoms with Gasteiger partial charge in [-0.1, -0.05) is 308 Å². The zero-order chi connectivity index (χ0) is 72.1. The van der Waals surface area contributed by atoms with Crippen LogP contribution in [0.2, 0.25) is 0 Å². The van der Waals surface area contributed by atoms with Crippen molar-refractivity contribution in [3.05, 3.63) is 326 Å². The van der Waals surface area contributed by atoms with Crippen LogP contribution >= 0.6 is 0 Å². The van der Waals surface area contributed by atoms with Gasteiger partial charge in [0.15, 0.2) is 11.6 Å². The van der Waals surface area contributed by atoms with E-state index in [1.165, 1.54) is 87.7 Å². The molecule has 512 valence electrons. The Balaban J connectivity index is 0.000000114. The number of rotatable bonds is 6. The SMILES string of the molecule is CC(C)(C)c1ccc2c(c1)c1ccccc1n2-c1ccccc1.CC(C)(C)c1ccc2c3ccccc3n(-c3ccccc3)c2c1.CC(C)(C)c1nc(-c2ccccc2)nc(-c2ccccc2)n1.CC(C)(C)c1nc(-n2c3ccccc3c3ccccc32)nc(-n2c3ccccc3c3ccccc32)n1. The van der Waals surface area contributed by atoms with Gasteiger partial charge in [0, 0.05) is 76.4 Å². The Morgan fingerprint density at radius 1 is 0.202 bits per heavy atom. The Morgan fingerprint density at radius 2 is 0.481 bits per heavy atom. The average molecular weight is 1360 g/mol. The first kappa shape index (κ1) is 67.7. The molecule has 0 aliphatic heterocycles. The smallest absolute Gasteiger partial charge is 0.239 e. The predicted molar refractivity (Wildman–Crippen MR) is 436 cm³/mol. The minimum Gasteiger partial charge on any atom is -0.309 e. The molecule has 18 aromatic rings. The molecular weight excluding hydrogens is 1270 g/mol. The molecule has 0 aliphatic carbocycles. The summed E-state index contributed by atoms with van der Waals surface area (Å²) in [7, 11) is 0. The van der Waals surface area contributed by atoms with Gasteiger partial charge < -0.3 is 9.13 Å². The third-order valence-corrected chi connectivity index (χ3v) is 19.3. The zero-order valence-corrected chi connectivity index (χ0v) is 61.3. The lowest BCUT2D eigenvalue weighted by atomic mass is 9.86. The molecule has 0 fully saturated rings. The molecule has 0 spiro atoms. The molecule has 18 rings (SSSR count). The second-order valence-corrected chi connectivity index (χ2v) is 30.9. The summed E-state index contributed by atoms with van der Waals surface area (Å²) in [4.78, 5) is 29.2. The number of nitrogens with zero attached hydrogens (tertiary/aromatic N) is 10. The van der Waals surface area contributed by atoms with E-state index in [1.807, 2.05) is 60.7 Å². The number of fused-ring (bicyclic) bond motifs is 12. The van der Waals surface area contributed by atoms with Crippen molar-refractivity contribution in [3.8, 4) is 46.0 Å². The lowest BCUT2D eigenvalue weighted by Gasteiger charge is -2.19. The standard InChI is InChI=1S/C31H25N5.2C22H21N.C19H19N3/c1-31(2,3)28-32-29(35-24-16-8-4-12-20(24)21-13-5-9-17-25(21)35)34-30(33-28)36-26-18-10-6-14-22(26)23-15-7-11-19-27(23)36;1-22(2,3)16-13-14-21-19(15-16)18-11-7-8-12-20(18)23(21)17-9-5-4-6-10-17;1-22(2,3)16-13-14-19-18-11-7-8-12-20(18)23(21(19)15-16)17-9-5-4-6-10-17;1-19(2,3)18-21-16(14-10-6-4-7-11-14)20-17(22-18)15-12-8-5-9-13-15/h4-19H,1-3H3;2*4-15H,1-3H3;4-13H,1-3H3. The molecule has 0 bridgehead atoms. The molecule has 0 amide bonds. The second kappa shape index (κ2) is 27.3. The Bertz CT molecular complexity index is 5830. The van der Waals surface area contributed by atoms with Crippen molar-refractivity contribution >= 4 is 87.2 Å². The first-order valence-corrected chi connectivity index (χ1v) is 35.9. The van der Waals surface area contributed by atoms with Crippen molar-refractivity contribution in [2.24, 2.45) is 0 Å². The normalized spacial score (nSPS) is 12.0. The maximum Gasteiger partial charge on any atom is 0.239 e. The topological polar surface area (TPSA) is 97.1 Å². The fraction of sp³-hybridized carbons (Fsp3) is 0.170. The van der Waals surface area contributed by atoms with E-state index in [0.29, 0.717) is 11.9 Å². The molecule has 0 N–H and O–H groups in total. The highest BCUT2D eigenvalue weighted by atomic mass is 15.3. The van der Waals surface area contributed by atoms with Crippen LogP contribution in [0.15, 0.2) is 303 Å². The predicted octanol–water partition coefficient (Wildman–Crippen LogP) is 24.0. The summed E-state index contributed by atoms with van der Waals surface area (Å²) in [6.45, 7) is 26.4. The number of hydrogen-bond donors (Lipinski definition) is 0. The van der Waals surface area contributed by atoms with Crippen molar-refractivity contribution in [1.29, 1.82) is 0 Å². The van der Waals surface area contributed by atoms with Crippen LogP contribution in [0.4, 0.5) is 0 Å². The van der Waals surface area contributed by atoms with E-state index in [4.69, 9.17) is 15.0 Å². The van der Waals surface area contributed by atoms with Crippen molar-refractivity contribution in [3.63, 3.8) is 0 Å². The molecule has 0 unspecified atom stereocenters. The number of benzene rings is 12. The average Bonchev–Trinajstić information content (AvgIpc) is 1.59.